The van der Waals surface area contributed by atoms with Crippen LogP contribution in [0.4, 0.5) is 0 Å². The third-order valence-electron chi connectivity index (χ3n) is 3.40. The van der Waals surface area contributed by atoms with E-state index >= 15 is 0 Å². The molecule has 0 heterocycles. The van der Waals surface area contributed by atoms with E-state index in [-0.39, 0.29) is 0 Å². The summed E-state index contributed by atoms with van der Waals surface area (Å²) in [6, 6.07) is 0. The molecule has 0 saturated heterocycles. The third kappa shape index (κ3) is 0.565. The molecule has 4 atom stereocenters. The van der Waals surface area contributed by atoms with Gasteiger partial charge in [-0.25, -0.2) is 0 Å². The highest BCUT2D eigenvalue weighted by Gasteiger charge is 2.66. The largest absolute Gasteiger partial charge is 0.390 e. The molecule has 2 aliphatic carbocycles. The first kappa shape index (κ1) is 6.62. The van der Waals surface area contributed by atoms with E-state index < -0.39 is 12.2 Å². The van der Waals surface area contributed by atoms with Crippen LogP contribution < -0.4 is 0 Å². The molecule has 0 aliphatic heterocycles. The van der Waals surface area contributed by atoms with Gasteiger partial charge in [-0.2, -0.15) is 0 Å². The fraction of sp³-hybridized carbons (Fsp3) is 1.00. The maximum atomic E-state index is 9.39. The van der Waals surface area contributed by atoms with Gasteiger partial charge in [0.15, 0.2) is 0 Å². The van der Waals surface area contributed by atoms with Crippen molar-refractivity contribution in [1.82, 2.24) is 0 Å². The van der Waals surface area contributed by atoms with Crippen LogP contribution in [0, 0.1) is 17.3 Å². The number of fused-ring (bicyclic) bond motifs is 1. The molecule has 2 rings (SSSR count). The van der Waals surface area contributed by atoms with Crippen molar-refractivity contribution in [2.24, 2.45) is 17.3 Å². The topological polar surface area (TPSA) is 40.5 Å². The molecule has 4 unspecified atom stereocenters. The lowest BCUT2D eigenvalue weighted by Crippen LogP contribution is -2.26. The molecule has 0 aromatic carbocycles. The Hall–Kier alpha value is -0.0800. The molecule has 2 nitrogen and oxygen atoms in total. The van der Waals surface area contributed by atoms with Crippen molar-refractivity contribution in [3.8, 4) is 0 Å². The van der Waals surface area contributed by atoms with E-state index in [0.29, 0.717) is 17.3 Å². The quantitative estimate of drug-likeness (QED) is 0.513. The van der Waals surface area contributed by atoms with Crippen LogP contribution in [-0.4, -0.2) is 22.4 Å². The van der Waals surface area contributed by atoms with Crippen LogP contribution >= 0.6 is 0 Å². The van der Waals surface area contributed by atoms with Crippen molar-refractivity contribution in [3.05, 3.63) is 0 Å². The molecule has 2 N–H and O–H groups in total. The molecule has 2 heteroatoms. The van der Waals surface area contributed by atoms with Gasteiger partial charge in [-0.15, -0.1) is 0 Å². The zero-order chi connectivity index (χ0) is 7.52. The van der Waals surface area contributed by atoms with Crippen LogP contribution in [0.25, 0.3) is 0 Å². The summed E-state index contributed by atoms with van der Waals surface area (Å²) >= 11 is 0. The van der Waals surface area contributed by atoms with Gasteiger partial charge >= 0.3 is 0 Å². The molecule has 58 valence electrons. The monoisotopic (exact) mass is 142 g/mol. The summed E-state index contributed by atoms with van der Waals surface area (Å²) in [6.07, 6.45) is -0.0817. The smallest absolute Gasteiger partial charge is 0.0835 e. The second-order valence-electron chi connectivity index (χ2n) is 4.25. The minimum absolute atomic E-state index is 0.304. The molecular weight excluding hydrogens is 128 g/mol. The van der Waals surface area contributed by atoms with Gasteiger partial charge in [0.2, 0.25) is 0 Å². The average Bonchev–Trinajstić information content (AvgIpc) is 2.12. The molecule has 0 aromatic heterocycles. The zero-order valence-corrected chi connectivity index (χ0v) is 6.41. The second-order valence-corrected chi connectivity index (χ2v) is 4.25. The van der Waals surface area contributed by atoms with E-state index in [1.807, 2.05) is 0 Å². The van der Waals surface area contributed by atoms with Crippen molar-refractivity contribution in [2.75, 3.05) is 0 Å². The maximum absolute atomic E-state index is 9.39. The van der Waals surface area contributed by atoms with Crippen LogP contribution in [0.3, 0.4) is 0 Å². The standard InChI is InChI=1S/C8H14O2/c1-8(2)4-3-5(9)7(10)6(4)8/h4-7,9-10H,3H2,1-2H3. The Morgan fingerprint density at radius 3 is 2.20 bits per heavy atom. The molecule has 0 spiro atoms. The number of rotatable bonds is 0. The number of hydrogen-bond donors (Lipinski definition) is 2. The van der Waals surface area contributed by atoms with Gasteiger partial charge in [0.25, 0.3) is 0 Å². The molecule has 0 radical (unpaired) electrons. The Kier molecular flexibility index (Phi) is 1.03. The molecule has 2 saturated carbocycles. The number of hydrogen-bond acceptors (Lipinski definition) is 2. The highest BCUT2D eigenvalue weighted by Crippen LogP contribution is 2.66. The first-order chi connectivity index (χ1) is 4.55. The maximum Gasteiger partial charge on any atom is 0.0835 e. The minimum Gasteiger partial charge on any atom is -0.390 e. The Balaban J connectivity index is 2.13. The summed E-state index contributed by atoms with van der Waals surface area (Å²) < 4.78 is 0. The summed E-state index contributed by atoms with van der Waals surface area (Å²) in [5.74, 6) is 0.958. The summed E-state index contributed by atoms with van der Waals surface area (Å²) in [7, 11) is 0. The van der Waals surface area contributed by atoms with Gasteiger partial charge in [-0.3, -0.25) is 0 Å². The van der Waals surface area contributed by atoms with Crippen LogP contribution in [0.15, 0.2) is 0 Å². The van der Waals surface area contributed by atoms with Crippen molar-refractivity contribution < 1.29 is 10.2 Å². The average molecular weight is 142 g/mol. The van der Waals surface area contributed by atoms with E-state index in [1.165, 1.54) is 0 Å². The fourth-order valence-electron chi connectivity index (χ4n) is 2.55. The van der Waals surface area contributed by atoms with E-state index in [4.69, 9.17) is 0 Å². The molecule has 0 aromatic rings. The van der Waals surface area contributed by atoms with Gasteiger partial charge in [0.05, 0.1) is 12.2 Å². The van der Waals surface area contributed by atoms with Gasteiger partial charge in [0.1, 0.15) is 0 Å². The Labute approximate surface area is 60.9 Å². The first-order valence-corrected chi connectivity index (χ1v) is 3.91. The molecule has 0 amide bonds. The van der Waals surface area contributed by atoms with Gasteiger partial charge in [-0.1, -0.05) is 13.8 Å². The lowest BCUT2D eigenvalue weighted by Gasteiger charge is -2.16. The molecule has 2 fully saturated rings. The van der Waals surface area contributed by atoms with E-state index in [9.17, 15) is 10.2 Å². The lowest BCUT2D eigenvalue weighted by atomic mass is 9.98. The Morgan fingerprint density at radius 1 is 1.30 bits per heavy atom. The molecule has 10 heavy (non-hydrogen) atoms. The summed E-state index contributed by atoms with van der Waals surface area (Å²) in [5, 5.41) is 18.6. The second kappa shape index (κ2) is 1.56. The first-order valence-electron chi connectivity index (χ1n) is 3.91. The zero-order valence-electron chi connectivity index (χ0n) is 6.41. The van der Waals surface area contributed by atoms with Crippen molar-refractivity contribution in [2.45, 2.75) is 32.5 Å². The van der Waals surface area contributed by atoms with Crippen molar-refractivity contribution in [3.63, 3.8) is 0 Å². The van der Waals surface area contributed by atoms with E-state index in [2.05, 4.69) is 13.8 Å². The predicted molar refractivity (Wildman–Crippen MR) is 37.4 cm³/mol. The lowest BCUT2D eigenvalue weighted by molar-refractivity contribution is 0.0109. The van der Waals surface area contributed by atoms with Crippen molar-refractivity contribution in [1.29, 1.82) is 0 Å². The molecular formula is C8H14O2. The fourth-order valence-corrected chi connectivity index (χ4v) is 2.55. The van der Waals surface area contributed by atoms with Gasteiger partial charge < -0.3 is 10.2 Å². The minimum atomic E-state index is -0.444. The number of aliphatic hydroxyl groups is 2. The van der Waals surface area contributed by atoms with Gasteiger partial charge in [-0.05, 0) is 23.7 Å². The molecule has 0 bridgehead atoms. The SMILES string of the molecule is CC1(C)C2CC(O)C(O)C21. The van der Waals surface area contributed by atoms with Crippen LogP contribution in [-0.2, 0) is 0 Å². The summed E-state index contributed by atoms with van der Waals surface area (Å²) in [6.45, 7) is 4.33. The molecule has 2 aliphatic rings. The Bertz CT molecular complexity index is 163. The van der Waals surface area contributed by atoms with E-state index in [1.54, 1.807) is 0 Å². The van der Waals surface area contributed by atoms with Crippen LogP contribution in [0.2, 0.25) is 0 Å². The predicted octanol–water partition coefficient (Wildman–Crippen LogP) is 0.384. The van der Waals surface area contributed by atoms with Crippen LogP contribution in [0.1, 0.15) is 20.3 Å². The summed E-state index contributed by atoms with van der Waals surface area (Å²) in [4.78, 5) is 0. The third-order valence-corrected chi connectivity index (χ3v) is 3.40. The normalized spacial score (nSPS) is 56.4. The highest BCUT2D eigenvalue weighted by molar-refractivity contribution is 5.15. The van der Waals surface area contributed by atoms with Gasteiger partial charge in [0, 0.05) is 0 Å². The van der Waals surface area contributed by atoms with E-state index in [0.717, 1.165) is 6.42 Å². The Morgan fingerprint density at radius 2 is 1.90 bits per heavy atom. The highest BCUT2D eigenvalue weighted by atomic mass is 16.3. The summed E-state index contributed by atoms with van der Waals surface area (Å²) in [5.41, 5.74) is 0.304. The van der Waals surface area contributed by atoms with Crippen molar-refractivity contribution >= 4 is 0 Å². The van der Waals surface area contributed by atoms with Crippen LogP contribution in [0.5, 0.6) is 0 Å². The number of aliphatic hydroxyl groups excluding tert-OH is 2.